The van der Waals surface area contributed by atoms with Crippen molar-refractivity contribution in [2.24, 2.45) is 0 Å². The Kier molecular flexibility index (Phi) is 6.13. The van der Waals surface area contributed by atoms with Crippen LogP contribution >= 0.6 is 11.8 Å². The molecule has 8 nitrogen and oxygen atoms in total. The van der Waals surface area contributed by atoms with Crippen LogP contribution in [0.4, 0.5) is 0 Å². The summed E-state index contributed by atoms with van der Waals surface area (Å²) >= 11 is 1.40. The minimum Gasteiger partial charge on any atom is -0.459 e. The summed E-state index contributed by atoms with van der Waals surface area (Å²) in [5.41, 5.74) is 2.13. The monoisotopic (exact) mass is 439 g/mol. The smallest absolute Gasteiger partial charge is 0.289 e. The lowest BCUT2D eigenvalue weighted by Crippen LogP contribution is -2.52. The number of hydrogen-bond acceptors (Lipinski definition) is 6. The number of rotatable bonds is 5. The number of furan rings is 1. The highest BCUT2D eigenvalue weighted by Gasteiger charge is 2.29. The van der Waals surface area contributed by atoms with Gasteiger partial charge in [-0.2, -0.15) is 0 Å². The van der Waals surface area contributed by atoms with Crippen LogP contribution in [0.3, 0.4) is 0 Å². The number of amides is 2. The van der Waals surface area contributed by atoms with Gasteiger partial charge in [0.15, 0.2) is 10.9 Å². The van der Waals surface area contributed by atoms with Gasteiger partial charge in [0, 0.05) is 31.9 Å². The van der Waals surface area contributed by atoms with E-state index in [0.29, 0.717) is 37.1 Å². The number of nitrogens with zero attached hydrogens (tertiary/aromatic N) is 5. The van der Waals surface area contributed by atoms with Crippen molar-refractivity contribution in [1.82, 2.24) is 24.6 Å². The molecule has 2 aromatic heterocycles. The molecule has 1 fully saturated rings. The molecule has 162 valence electrons. The van der Waals surface area contributed by atoms with E-state index >= 15 is 0 Å². The van der Waals surface area contributed by atoms with Gasteiger partial charge in [0.1, 0.15) is 5.82 Å². The highest BCUT2D eigenvalue weighted by Crippen LogP contribution is 2.27. The first kappa shape index (κ1) is 21.2. The van der Waals surface area contributed by atoms with E-state index in [1.54, 1.807) is 17.0 Å². The lowest BCUT2D eigenvalue weighted by molar-refractivity contribution is -0.131. The Morgan fingerprint density at radius 2 is 1.77 bits per heavy atom. The van der Waals surface area contributed by atoms with Crippen molar-refractivity contribution in [2.45, 2.75) is 31.2 Å². The first-order valence-electron chi connectivity index (χ1n) is 10.2. The summed E-state index contributed by atoms with van der Waals surface area (Å²) in [6.07, 6.45) is 1.49. The minimum absolute atomic E-state index is 0.0338. The van der Waals surface area contributed by atoms with Gasteiger partial charge in [-0.05, 0) is 50.6 Å². The lowest BCUT2D eigenvalue weighted by Gasteiger charge is -2.35. The molecule has 0 saturated carbocycles. The molecule has 2 amide bonds. The first-order chi connectivity index (χ1) is 14.9. The molecular weight excluding hydrogens is 414 g/mol. The van der Waals surface area contributed by atoms with E-state index in [0.717, 1.165) is 17.1 Å². The predicted molar refractivity (Wildman–Crippen MR) is 117 cm³/mol. The van der Waals surface area contributed by atoms with E-state index in [-0.39, 0.29) is 17.1 Å². The molecule has 3 heterocycles. The van der Waals surface area contributed by atoms with E-state index in [4.69, 9.17) is 4.42 Å². The molecule has 1 aliphatic rings. The van der Waals surface area contributed by atoms with E-state index in [9.17, 15) is 9.59 Å². The number of piperazine rings is 1. The number of hydrogen-bond donors (Lipinski definition) is 0. The van der Waals surface area contributed by atoms with Crippen LogP contribution in [0, 0.1) is 13.8 Å². The quantitative estimate of drug-likeness (QED) is 0.569. The van der Waals surface area contributed by atoms with Crippen LogP contribution in [0.5, 0.6) is 0 Å². The predicted octanol–water partition coefficient (Wildman–Crippen LogP) is 2.94. The fourth-order valence-corrected chi connectivity index (χ4v) is 4.63. The van der Waals surface area contributed by atoms with Crippen LogP contribution in [-0.2, 0) is 4.79 Å². The number of benzene rings is 1. The molecule has 9 heteroatoms. The summed E-state index contributed by atoms with van der Waals surface area (Å²) in [6.45, 7) is 7.81. The maximum atomic E-state index is 13.0. The van der Waals surface area contributed by atoms with Gasteiger partial charge in [-0.1, -0.05) is 23.9 Å². The van der Waals surface area contributed by atoms with Gasteiger partial charge in [-0.15, -0.1) is 10.2 Å². The van der Waals surface area contributed by atoms with Crippen LogP contribution in [0.1, 0.15) is 28.9 Å². The first-order valence-corrected chi connectivity index (χ1v) is 11.1. The van der Waals surface area contributed by atoms with Crippen molar-refractivity contribution >= 4 is 23.6 Å². The number of aromatic nitrogens is 3. The van der Waals surface area contributed by atoms with E-state index < -0.39 is 0 Å². The van der Waals surface area contributed by atoms with Crippen molar-refractivity contribution in [1.29, 1.82) is 0 Å². The van der Waals surface area contributed by atoms with Crippen LogP contribution in [-0.4, -0.2) is 67.8 Å². The molecule has 1 aromatic carbocycles. The Balaban J connectivity index is 1.39. The molecule has 1 unspecified atom stereocenters. The van der Waals surface area contributed by atoms with E-state index in [2.05, 4.69) is 16.3 Å². The zero-order chi connectivity index (χ0) is 22.0. The SMILES string of the molecule is Cc1cccc(-n2c(C)nnc2SC(C)C(=O)N2CCN(C(=O)c3ccco3)CC2)c1. The van der Waals surface area contributed by atoms with Gasteiger partial charge in [0.25, 0.3) is 5.91 Å². The molecule has 0 N–H and O–H groups in total. The summed E-state index contributed by atoms with van der Waals surface area (Å²) < 4.78 is 7.17. The summed E-state index contributed by atoms with van der Waals surface area (Å²) in [7, 11) is 0. The summed E-state index contributed by atoms with van der Waals surface area (Å²) in [4.78, 5) is 29.0. The van der Waals surface area contributed by atoms with Crippen LogP contribution < -0.4 is 0 Å². The topological polar surface area (TPSA) is 84.5 Å². The van der Waals surface area contributed by atoms with Crippen molar-refractivity contribution in [3.8, 4) is 5.69 Å². The molecule has 0 spiro atoms. The van der Waals surface area contributed by atoms with Crippen molar-refractivity contribution in [2.75, 3.05) is 26.2 Å². The highest BCUT2D eigenvalue weighted by molar-refractivity contribution is 8.00. The molecule has 1 aliphatic heterocycles. The summed E-state index contributed by atoms with van der Waals surface area (Å²) in [5, 5.41) is 8.88. The zero-order valence-corrected chi connectivity index (χ0v) is 18.6. The molecule has 3 aromatic rings. The third-order valence-corrected chi connectivity index (χ3v) is 6.33. The van der Waals surface area contributed by atoms with Gasteiger partial charge in [-0.3, -0.25) is 14.2 Å². The second kappa shape index (κ2) is 8.97. The molecule has 1 saturated heterocycles. The Hall–Kier alpha value is -3.07. The minimum atomic E-state index is -0.320. The third kappa shape index (κ3) is 4.51. The van der Waals surface area contributed by atoms with Gasteiger partial charge >= 0.3 is 0 Å². The lowest BCUT2D eigenvalue weighted by atomic mass is 10.2. The highest BCUT2D eigenvalue weighted by atomic mass is 32.2. The molecule has 0 aliphatic carbocycles. The summed E-state index contributed by atoms with van der Waals surface area (Å²) in [6, 6.07) is 11.5. The summed E-state index contributed by atoms with van der Waals surface area (Å²) in [5.74, 6) is 1.00. The van der Waals surface area contributed by atoms with Crippen molar-refractivity contribution in [3.63, 3.8) is 0 Å². The Bertz CT molecular complexity index is 1070. The van der Waals surface area contributed by atoms with Crippen LogP contribution in [0.25, 0.3) is 5.69 Å². The average Bonchev–Trinajstić information content (AvgIpc) is 3.43. The molecule has 4 rings (SSSR count). The Labute approximate surface area is 185 Å². The second-order valence-electron chi connectivity index (χ2n) is 7.56. The van der Waals surface area contributed by atoms with Gasteiger partial charge < -0.3 is 14.2 Å². The Morgan fingerprint density at radius 3 is 2.45 bits per heavy atom. The molecule has 31 heavy (non-hydrogen) atoms. The number of aryl methyl sites for hydroxylation is 2. The Morgan fingerprint density at radius 1 is 1.03 bits per heavy atom. The maximum Gasteiger partial charge on any atom is 0.289 e. The number of thioether (sulfide) groups is 1. The standard InChI is InChI=1S/C22H25N5O3S/c1-15-6-4-7-18(14-15)27-17(3)23-24-22(27)31-16(2)20(28)25-9-11-26(12-10-25)21(29)19-8-5-13-30-19/h4-8,13-14,16H,9-12H2,1-3H3. The van der Waals surface area contributed by atoms with Crippen molar-refractivity contribution < 1.29 is 14.0 Å². The zero-order valence-electron chi connectivity index (χ0n) is 17.8. The van der Waals surface area contributed by atoms with Gasteiger partial charge in [0.05, 0.1) is 11.5 Å². The molecule has 0 bridgehead atoms. The third-order valence-electron chi connectivity index (χ3n) is 5.30. The molecular formula is C22H25N5O3S. The van der Waals surface area contributed by atoms with Gasteiger partial charge in [0.2, 0.25) is 5.91 Å². The van der Waals surface area contributed by atoms with E-state index in [1.165, 1.54) is 18.0 Å². The second-order valence-corrected chi connectivity index (χ2v) is 8.87. The van der Waals surface area contributed by atoms with Crippen LogP contribution in [0.2, 0.25) is 0 Å². The fourth-order valence-electron chi connectivity index (χ4n) is 3.64. The van der Waals surface area contributed by atoms with E-state index in [1.807, 2.05) is 48.4 Å². The van der Waals surface area contributed by atoms with Gasteiger partial charge in [-0.25, -0.2) is 0 Å². The number of carbonyl (C=O) groups is 2. The normalized spacial score (nSPS) is 15.2. The molecule has 0 radical (unpaired) electrons. The van der Waals surface area contributed by atoms with Crippen LogP contribution in [0.15, 0.2) is 52.2 Å². The largest absolute Gasteiger partial charge is 0.459 e. The average molecular weight is 440 g/mol. The van der Waals surface area contributed by atoms with Crippen molar-refractivity contribution in [3.05, 3.63) is 59.8 Å². The number of carbonyl (C=O) groups excluding carboxylic acids is 2. The maximum absolute atomic E-state index is 13.0. The molecule has 1 atom stereocenters. The fraction of sp³-hybridized carbons (Fsp3) is 0.364.